The van der Waals surface area contributed by atoms with E-state index in [0.717, 1.165) is 11.3 Å². The Balaban J connectivity index is 1.98. The predicted molar refractivity (Wildman–Crippen MR) is 97.2 cm³/mol. The minimum Gasteiger partial charge on any atom is -0.494 e. The molecule has 0 saturated heterocycles. The van der Waals surface area contributed by atoms with Crippen LogP contribution in [-0.4, -0.2) is 22.9 Å². The number of anilines is 1. The average Bonchev–Trinajstić information content (AvgIpc) is 2.98. The molecule has 0 radical (unpaired) electrons. The van der Waals surface area contributed by atoms with E-state index in [-0.39, 0.29) is 27.2 Å². The predicted octanol–water partition coefficient (Wildman–Crippen LogP) is 4.77. The highest BCUT2D eigenvalue weighted by atomic mass is 35.5. The van der Waals surface area contributed by atoms with Gasteiger partial charge in [-0.3, -0.25) is 20.2 Å². The zero-order chi connectivity index (χ0) is 18.1. The Bertz CT molecular complexity index is 1010. The molecule has 1 heterocycles. The quantitative estimate of drug-likeness (QED) is 0.505. The molecule has 1 amide bonds. The molecule has 7 nitrogen and oxygen atoms in total. The number of amides is 1. The first-order valence-corrected chi connectivity index (χ1v) is 8.35. The summed E-state index contributed by atoms with van der Waals surface area (Å²) >= 11 is 13.0. The van der Waals surface area contributed by atoms with Crippen LogP contribution in [0.4, 0.5) is 10.8 Å². The fraction of sp³-hybridized carbons (Fsp3) is 0.0667. The Morgan fingerprint density at radius 2 is 2.08 bits per heavy atom. The third kappa shape index (κ3) is 3.51. The first kappa shape index (κ1) is 17.4. The van der Waals surface area contributed by atoms with Gasteiger partial charge >= 0.3 is 0 Å². The molecular weight excluding hydrogens is 389 g/mol. The van der Waals surface area contributed by atoms with Gasteiger partial charge in [-0.05, 0) is 18.2 Å². The van der Waals surface area contributed by atoms with E-state index in [1.807, 2.05) is 0 Å². The largest absolute Gasteiger partial charge is 0.494 e. The Kier molecular flexibility index (Phi) is 4.76. The molecule has 10 heteroatoms. The number of nitro benzene ring substituents is 1. The van der Waals surface area contributed by atoms with Gasteiger partial charge in [-0.25, -0.2) is 4.98 Å². The highest BCUT2D eigenvalue weighted by Gasteiger charge is 2.18. The van der Waals surface area contributed by atoms with Crippen molar-refractivity contribution in [3.05, 3.63) is 56.1 Å². The lowest BCUT2D eigenvalue weighted by atomic mass is 10.2. The summed E-state index contributed by atoms with van der Waals surface area (Å²) in [6.45, 7) is 0. The lowest BCUT2D eigenvalue weighted by Crippen LogP contribution is -2.12. The number of non-ortho nitro benzene ring substituents is 1. The van der Waals surface area contributed by atoms with E-state index in [2.05, 4.69) is 10.3 Å². The van der Waals surface area contributed by atoms with Gasteiger partial charge in [0.2, 0.25) is 0 Å². The molecule has 2 aromatic carbocycles. The Labute approximate surface area is 155 Å². The van der Waals surface area contributed by atoms with Crippen molar-refractivity contribution in [1.82, 2.24) is 4.98 Å². The molecule has 0 aliphatic rings. The maximum absolute atomic E-state index is 12.4. The molecule has 3 aromatic rings. The number of carbonyl (C=O) groups is 1. The first-order chi connectivity index (χ1) is 11.9. The molecule has 0 bridgehead atoms. The molecular formula is C15H9Cl2N3O4S. The number of nitro groups is 1. The topological polar surface area (TPSA) is 94.4 Å². The van der Waals surface area contributed by atoms with Crippen molar-refractivity contribution in [3.8, 4) is 5.75 Å². The molecule has 0 aliphatic heterocycles. The lowest BCUT2D eigenvalue weighted by molar-refractivity contribution is -0.384. The van der Waals surface area contributed by atoms with Gasteiger partial charge in [-0.2, -0.15) is 0 Å². The zero-order valence-electron chi connectivity index (χ0n) is 12.6. The number of carbonyl (C=O) groups excluding carboxylic acids is 1. The SMILES string of the molecule is COc1cc([N+](=O)[O-])cc2sc(NC(=O)c3cc(Cl)ccc3Cl)nc12. The molecule has 128 valence electrons. The van der Waals surface area contributed by atoms with Crippen LogP contribution in [0.5, 0.6) is 5.75 Å². The number of rotatable bonds is 4. The number of methoxy groups -OCH3 is 1. The van der Waals surface area contributed by atoms with Crippen LogP contribution >= 0.6 is 34.5 Å². The van der Waals surface area contributed by atoms with Crippen LogP contribution in [0.1, 0.15) is 10.4 Å². The molecule has 25 heavy (non-hydrogen) atoms. The maximum Gasteiger partial charge on any atom is 0.274 e. The summed E-state index contributed by atoms with van der Waals surface area (Å²) in [6.07, 6.45) is 0. The van der Waals surface area contributed by atoms with Gasteiger partial charge < -0.3 is 4.74 Å². The van der Waals surface area contributed by atoms with Crippen LogP contribution in [-0.2, 0) is 0 Å². The van der Waals surface area contributed by atoms with Gasteiger partial charge in [0.1, 0.15) is 5.52 Å². The highest BCUT2D eigenvalue weighted by molar-refractivity contribution is 7.22. The van der Waals surface area contributed by atoms with Crippen molar-refractivity contribution in [1.29, 1.82) is 0 Å². The monoisotopic (exact) mass is 397 g/mol. The molecule has 3 rings (SSSR count). The maximum atomic E-state index is 12.4. The second-order valence-electron chi connectivity index (χ2n) is 4.85. The summed E-state index contributed by atoms with van der Waals surface area (Å²) in [5.74, 6) is -0.234. The Morgan fingerprint density at radius 1 is 1.32 bits per heavy atom. The van der Waals surface area contributed by atoms with E-state index in [1.54, 1.807) is 6.07 Å². The second kappa shape index (κ2) is 6.83. The summed E-state index contributed by atoms with van der Waals surface area (Å²) in [6, 6.07) is 7.18. The number of nitrogens with zero attached hydrogens (tertiary/aromatic N) is 2. The number of fused-ring (bicyclic) bond motifs is 1. The van der Waals surface area contributed by atoms with Gasteiger partial charge in [0.15, 0.2) is 10.9 Å². The van der Waals surface area contributed by atoms with Crippen LogP contribution in [0, 0.1) is 10.1 Å². The zero-order valence-corrected chi connectivity index (χ0v) is 14.9. The number of hydrogen-bond donors (Lipinski definition) is 1. The molecule has 0 atom stereocenters. The summed E-state index contributed by atoms with van der Waals surface area (Å²) in [5.41, 5.74) is 0.501. The lowest BCUT2D eigenvalue weighted by Gasteiger charge is -2.04. The van der Waals surface area contributed by atoms with Crippen LogP contribution < -0.4 is 10.1 Å². The fourth-order valence-corrected chi connectivity index (χ4v) is 3.42. The van der Waals surface area contributed by atoms with E-state index >= 15 is 0 Å². The van der Waals surface area contributed by atoms with E-state index in [4.69, 9.17) is 27.9 Å². The summed E-state index contributed by atoms with van der Waals surface area (Å²) in [4.78, 5) is 27.1. The summed E-state index contributed by atoms with van der Waals surface area (Å²) < 4.78 is 5.66. The minimum atomic E-state index is -0.522. The molecule has 1 N–H and O–H groups in total. The van der Waals surface area contributed by atoms with Gasteiger partial charge in [-0.1, -0.05) is 34.5 Å². The van der Waals surface area contributed by atoms with Crippen LogP contribution in [0.15, 0.2) is 30.3 Å². The standard InChI is InChI=1S/C15H9Cl2N3O4S/c1-24-11-5-8(20(22)23)6-12-13(11)18-15(25-12)19-14(21)9-4-7(16)2-3-10(9)17/h2-6H,1H3,(H,18,19,21). The molecule has 0 saturated carbocycles. The molecule has 0 fully saturated rings. The normalized spacial score (nSPS) is 10.7. The van der Waals surface area contributed by atoms with Crippen LogP contribution in [0.2, 0.25) is 10.0 Å². The van der Waals surface area contributed by atoms with Crippen molar-refractivity contribution >= 4 is 61.5 Å². The summed E-state index contributed by atoms with van der Waals surface area (Å²) in [5, 5.41) is 14.5. The van der Waals surface area contributed by atoms with Crippen molar-refractivity contribution < 1.29 is 14.5 Å². The number of aromatic nitrogens is 1. The number of halogens is 2. The van der Waals surface area contributed by atoms with Crippen molar-refractivity contribution in [2.24, 2.45) is 0 Å². The molecule has 0 unspecified atom stereocenters. The molecule has 0 aliphatic carbocycles. The number of benzene rings is 2. The highest BCUT2D eigenvalue weighted by Crippen LogP contribution is 2.36. The van der Waals surface area contributed by atoms with Gasteiger partial charge in [0.05, 0.1) is 33.4 Å². The van der Waals surface area contributed by atoms with Crippen molar-refractivity contribution in [3.63, 3.8) is 0 Å². The van der Waals surface area contributed by atoms with E-state index < -0.39 is 10.8 Å². The van der Waals surface area contributed by atoms with Crippen LogP contribution in [0.25, 0.3) is 10.2 Å². The Hall–Kier alpha value is -2.42. The molecule has 1 aromatic heterocycles. The Morgan fingerprint density at radius 3 is 2.76 bits per heavy atom. The van der Waals surface area contributed by atoms with E-state index in [1.165, 1.54) is 31.4 Å². The number of thiazole rings is 1. The van der Waals surface area contributed by atoms with Crippen LogP contribution in [0.3, 0.4) is 0 Å². The van der Waals surface area contributed by atoms with E-state index in [9.17, 15) is 14.9 Å². The van der Waals surface area contributed by atoms with Crippen molar-refractivity contribution in [2.75, 3.05) is 12.4 Å². The number of nitrogens with one attached hydrogen (secondary N) is 1. The average molecular weight is 398 g/mol. The number of ether oxygens (including phenoxy) is 1. The van der Waals surface area contributed by atoms with Gasteiger partial charge in [-0.15, -0.1) is 0 Å². The van der Waals surface area contributed by atoms with E-state index in [0.29, 0.717) is 15.2 Å². The van der Waals surface area contributed by atoms with Gasteiger partial charge in [0, 0.05) is 11.1 Å². The second-order valence-corrected chi connectivity index (χ2v) is 6.72. The van der Waals surface area contributed by atoms with Gasteiger partial charge in [0.25, 0.3) is 11.6 Å². The number of hydrogen-bond acceptors (Lipinski definition) is 6. The first-order valence-electron chi connectivity index (χ1n) is 6.78. The van der Waals surface area contributed by atoms with Crippen molar-refractivity contribution in [2.45, 2.75) is 0 Å². The minimum absolute atomic E-state index is 0.122. The summed E-state index contributed by atoms with van der Waals surface area (Å²) in [7, 11) is 1.39. The third-order valence-corrected chi connectivity index (χ3v) is 4.75. The smallest absolute Gasteiger partial charge is 0.274 e. The third-order valence-electron chi connectivity index (χ3n) is 3.27. The fourth-order valence-electron chi connectivity index (χ4n) is 2.14. The molecule has 0 spiro atoms.